The molecule has 0 fully saturated rings. The van der Waals surface area contributed by atoms with E-state index < -0.39 is 0 Å². The molecule has 25 heavy (non-hydrogen) atoms. The predicted octanol–water partition coefficient (Wildman–Crippen LogP) is 4.04. The molecule has 1 aliphatic rings. The van der Waals surface area contributed by atoms with Gasteiger partial charge in [0.15, 0.2) is 11.5 Å². The number of aryl methyl sites for hydroxylation is 1. The molecule has 0 bridgehead atoms. The Labute approximate surface area is 148 Å². The van der Waals surface area contributed by atoms with E-state index in [1.807, 2.05) is 50.2 Å². The van der Waals surface area contributed by atoms with Crippen LogP contribution in [0.1, 0.15) is 47.9 Å². The molecule has 0 aromatic heterocycles. The fraction of sp³-hybridized carbons (Fsp3) is 0.350. The number of hydrogen-bond acceptors (Lipinski definition) is 4. The Morgan fingerprint density at radius 1 is 1.04 bits per heavy atom. The van der Waals surface area contributed by atoms with Crippen molar-refractivity contribution in [3.05, 3.63) is 53.1 Å². The van der Waals surface area contributed by atoms with Gasteiger partial charge in [-0.3, -0.25) is 4.79 Å². The summed E-state index contributed by atoms with van der Waals surface area (Å²) in [5.74, 6) is 1.28. The molecule has 0 radical (unpaired) electrons. The summed E-state index contributed by atoms with van der Waals surface area (Å²) in [5, 5.41) is 6.45. The van der Waals surface area contributed by atoms with Gasteiger partial charge in [-0.2, -0.15) is 0 Å². The van der Waals surface area contributed by atoms with Gasteiger partial charge in [0.2, 0.25) is 0 Å². The van der Waals surface area contributed by atoms with E-state index in [0.29, 0.717) is 30.3 Å². The molecule has 1 amide bonds. The summed E-state index contributed by atoms with van der Waals surface area (Å²) in [6.45, 7) is 7.14. The number of carbonyl (C=O) groups excluding carboxylic acids is 1. The van der Waals surface area contributed by atoms with Gasteiger partial charge in [-0.1, -0.05) is 31.2 Å². The summed E-state index contributed by atoms with van der Waals surface area (Å²) < 4.78 is 11.7. The molecule has 3 rings (SSSR count). The number of benzene rings is 2. The van der Waals surface area contributed by atoms with E-state index in [4.69, 9.17) is 9.47 Å². The first kappa shape index (κ1) is 17.1. The molecule has 5 heteroatoms. The molecule has 0 saturated carbocycles. The SMILES string of the molecule is CCCOc1c(OCC)cccc1C1NC(=O)c2cccc(C)c2N1. The van der Waals surface area contributed by atoms with E-state index in [1.165, 1.54) is 0 Å². The molecule has 0 saturated heterocycles. The first-order chi connectivity index (χ1) is 12.2. The summed E-state index contributed by atoms with van der Waals surface area (Å²) in [6.07, 6.45) is 0.528. The van der Waals surface area contributed by atoms with Gasteiger partial charge in [-0.25, -0.2) is 0 Å². The second kappa shape index (κ2) is 7.47. The first-order valence-electron chi connectivity index (χ1n) is 8.71. The van der Waals surface area contributed by atoms with Gasteiger partial charge < -0.3 is 20.1 Å². The van der Waals surface area contributed by atoms with Gasteiger partial charge in [0.1, 0.15) is 6.17 Å². The third-order valence-corrected chi connectivity index (χ3v) is 4.15. The lowest BCUT2D eigenvalue weighted by molar-refractivity contribution is 0.0935. The zero-order valence-electron chi connectivity index (χ0n) is 14.9. The normalized spacial score (nSPS) is 15.8. The van der Waals surface area contributed by atoms with Crippen molar-refractivity contribution in [3.8, 4) is 11.5 Å². The number of hydrogen-bond donors (Lipinski definition) is 2. The molecule has 1 heterocycles. The van der Waals surface area contributed by atoms with Crippen molar-refractivity contribution in [2.24, 2.45) is 0 Å². The van der Waals surface area contributed by atoms with Crippen molar-refractivity contribution >= 4 is 11.6 Å². The van der Waals surface area contributed by atoms with Crippen LogP contribution in [0.25, 0.3) is 0 Å². The van der Waals surface area contributed by atoms with E-state index in [2.05, 4.69) is 17.6 Å². The molecular formula is C20H24N2O3. The summed E-state index contributed by atoms with van der Waals surface area (Å²) >= 11 is 0. The smallest absolute Gasteiger partial charge is 0.255 e. The van der Waals surface area contributed by atoms with Crippen LogP contribution in [0.4, 0.5) is 5.69 Å². The fourth-order valence-corrected chi connectivity index (χ4v) is 2.98. The second-order valence-corrected chi connectivity index (χ2v) is 6.00. The van der Waals surface area contributed by atoms with Crippen molar-refractivity contribution in [1.29, 1.82) is 0 Å². The Hall–Kier alpha value is -2.69. The van der Waals surface area contributed by atoms with E-state index in [-0.39, 0.29) is 12.1 Å². The lowest BCUT2D eigenvalue weighted by Crippen LogP contribution is -2.39. The first-order valence-corrected chi connectivity index (χ1v) is 8.71. The largest absolute Gasteiger partial charge is 0.490 e. The van der Waals surface area contributed by atoms with E-state index in [1.54, 1.807) is 0 Å². The van der Waals surface area contributed by atoms with Crippen molar-refractivity contribution < 1.29 is 14.3 Å². The fourth-order valence-electron chi connectivity index (χ4n) is 2.98. The maximum absolute atomic E-state index is 12.5. The zero-order valence-corrected chi connectivity index (χ0v) is 14.9. The van der Waals surface area contributed by atoms with Crippen LogP contribution < -0.4 is 20.1 Å². The molecule has 1 unspecified atom stereocenters. The Balaban J connectivity index is 2.00. The minimum absolute atomic E-state index is 0.0919. The van der Waals surface area contributed by atoms with Crippen LogP contribution in [0.5, 0.6) is 11.5 Å². The average Bonchev–Trinajstić information content (AvgIpc) is 2.61. The number of nitrogens with one attached hydrogen (secondary N) is 2. The maximum atomic E-state index is 12.5. The van der Waals surface area contributed by atoms with Gasteiger partial charge in [0.05, 0.1) is 24.5 Å². The number of fused-ring (bicyclic) bond motifs is 1. The highest BCUT2D eigenvalue weighted by Gasteiger charge is 2.28. The second-order valence-electron chi connectivity index (χ2n) is 6.00. The molecule has 1 atom stereocenters. The van der Waals surface area contributed by atoms with E-state index in [0.717, 1.165) is 23.2 Å². The number of carbonyl (C=O) groups is 1. The van der Waals surface area contributed by atoms with E-state index >= 15 is 0 Å². The van der Waals surface area contributed by atoms with Crippen LogP contribution in [0, 0.1) is 6.92 Å². The van der Waals surface area contributed by atoms with Crippen LogP contribution in [-0.2, 0) is 0 Å². The standard InChI is InChI=1S/C20H24N2O3/c1-4-12-25-18-15(10-7-11-16(18)24-5-2)19-21-17-13(3)8-6-9-14(17)20(23)22-19/h6-11,19,21H,4-5,12H2,1-3H3,(H,22,23). The molecule has 5 nitrogen and oxygen atoms in total. The highest BCUT2D eigenvalue weighted by atomic mass is 16.5. The molecule has 1 aliphatic heterocycles. The average molecular weight is 340 g/mol. The molecule has 2 aromatic rings. The Kier molecular flexibility index (Phi) is 5.12. The summed E-state index contributed by atoms with van der Waals surface area (Å²) in [7, 11) is 0. The number of rotatable bonds is 6. The molecular weight excluding hydrogens is 316 g/mol. The van der Waals surface area contributed by atoms with Gasteiger partial charge in [0, 0.05) is 5.56 Å². The third kappa shape index (κ3) is 3.40. The van der Waals surface area contributed by atoms with Crippen LogP contribution >= 0.6 is 0 Å². The van der Waals surface area contributed by atoms with Crippen molar-refractivity contribution in [1.82, 2.24) is 5.32 Å². The monoisotopic (exact) mass is 340 g/mol. The van der Waals surface area contributed by atoms with Crippen molar-refractivity contribution in [2.75, 3.05) is 18.5 Å². The van der Waals surface area contributed by atoms with Gasteiger partial charge in [0.25, 0.3) is 5.91 Å². The molecule has 2 N–H and O–H groups in total. The minimum Gasteiger partial charge on any atom is -0.490 e. The quantitative estimate of drug-likeness (QED) is 0.833. The van der Waals surface area contributed by atoms with Gasteiger partial charge >= 0.3 is 0 Å². The van der Waals surface area contributed by atoms with Gasteiger partial charge in [-0.05, 0) is 38.0 Å². The lowest BCUT2D eigenvalue weighted by atomic mass is 10.0. The van der Waals surface area contributed by atoms with Crippen molar-refractivity contribution in [2.45, 2.75) is 33.4 Å². The molecule has 0 aliphatic carbocycles. The number of ether oxygens (including phenoxy) is 2. The van der Waals surface area contributed by atoms with Crippen LogP contribution in [0.15, 0.2) is 36.4 Å². The highest BCUT2D eigenvalue weighted by molar-refractivity contribution is 6.02. The maximum Gasteiger partial charge on any atom is 0.255 e. The number of amides is 1. The van der Waals surface area contributed by atoms with Crippen molar-refractivity contribution in [3.63, 3.8) is 0 Å². The van der Waals surface area contributed by atoms with Crippen LogP contribution in [0.3, 0.4) is 0 Å². The predicted molar refractivity (Wildman–Crippen MR) is 98.4 cm³/mol. The zero-order chi connectivity index (χ0) is 17.8. The van der Waals surface area contributed by atoms with Crippen LogP contribution in [-0.4, -0.2) is 19.1 Å². The van der Waals surface area contributed by atoms with E-state index in [9.17, 15) is 4.79 Å². The Morgan fingerprint density at radius 3 is 2.60 bits per heavy atom. The Morgan fingerprint density at radius 2 is 1.84 bits per heavy atom. The lowest BCUT2D eigenvalue weighted by Gasteiger charge is -2.30. The minimum atomic E-state index is -0.367. The highest BCUT2D eigenvalue weighted by Crippen LogP contribution is 2.38. The van der Waals surface area contributed by atoms with Crippen LogP contribution in [0.2, 0.25) is 0 Å². The summed E-state index contributed by atoms with van der Waals surface area (Å²) in [4.78, 5) is 12.5. The summed E-state index contributed by atoms with van der Waals surface area (Å²) in [6, 6.07) is 11.5. The molecule has 0 spiro atoms. The number of para-hydroxylation sites is 2. The molecule has 132 valence electrons. The van der Waals surface area contributed by atoms with Gasteiger partial charge in [-0.15, -0.1) is 0 Å². The topological polar surface area (TPSA) is 59.6 Å². The number of anilines is 1. The Bertz CT molecular complexity index is 774. The summed E-state index contributed by atoms with van der Waals surface area (Å²) in [5.41, 5.74) is 3.42. The molecule has 2 aromatic carbocycles. The third-order valence-electron chi connectivity index (χ3n) is 4.15.